The first kappa shape index (κ1) is 9.15. The Morgan fingerprint density at radius 2 is 2.14 bits per heavy atom. The van der Waals surface area contributed by atoms with Crippen molar-refractivity contribution in [3.8, 4) is 12.3 Å². The normalized spacial score (nSPS) is 14.2. The van der Waals surface area contributed by atoms with Gasteiger partial charge in [0.15, 0.2) is 0 Å². The second-order valence-corrected chi connectivity index (χ2v) is 3.71. The van der Waals surface area contributed by atoms with Gasteiger partial charge in [0.2, 0.25) is 0 Å². The highest BCUT2D eigenvalue weighted by atomic mass is 14.9. The van der Waals surface area contributed by atoms with Crippen LogP contribution in [0.15, 0.2) is 18.2 Å². The van der Waals surface area contributed by atoms with Crippen LogP contribution in [0.25, 0.3) is 0 Å². The van der Waals surface area contributed by atoms with Gasteiger partial charge in [-0.3, -0.25) is 0 Å². The van der Waals surface area contributed by atoms with Crippen LogP contribution in [0.1, 0.15) is 24.0 Å². The molecule has 0 unspecified atom stereocenters. The number of hydrogen-bond acceptors (Lipinski definition) is 1. The second-order valence-electron chi connectivity index (χ2n) is 3.71. The Morgan fingerprint density at radius 1 is 1.29 bits per heavy atom. The molecule has 0 saturated carbocycles. The average Bonchev–Trinajstić information content (AvgIpc) is 2.26. The molecule has 0 radical (unpaired) electrons. The summed E-state index contributed by atoms with van der Waals surface area (Å²) in [6.07, 6.45) is 10.3. The molecular weight excluding hydrogens is 170 g/mol. The van der Waals surface area contributed by atoms with Crippen molar-refractivity contribution in [1.82, 2.24) is 0 Å². The smallest absolute Gasteiger partial charge is 0.0763 e. The lowest BCUT2D eigenvalue weighted by molar-refractivity contribution is 0.686. The third kappa shape index (κ3) is 1.75. The summed E-state index contributed by atoms with van der Waals surface area (Å²) < 4.78 is 0. The van der Waals surface area contributed by atoms with Crippen LogP contribution in [-0.2, 0) is 12.8 Å². The minimum Gasteiger partial charge on any atom is -0.374 e. The van der Waals surface area contributed by atoms with Crippen LogP contribution in [0.3, 0.4) is 0 Å². The first-order chi connectivity index (χ1) is 6.92. The van der Waals surface area contributed by atoms with E-state index in [2.05, 4.69) is 29.4 Å². The number of rotatable bonds is 2. The minimum atomic E-state index is 0.621. The molecular formula is C13H15N. The summed E-state index contributed by atoms with van der Waals surface area (Å²) in [5.41, 5.74) is 4.22. The van der Waals surface area contributed by atoms with Gasteiger partial charge in [-0.05, 0) is 42.9 Å². The molecule has 1 N–H and O–H groups in total. The van der Waals surface area contributed by atoms with Gasteiger partial charge in [0, 0.05) is 5.69 Å². The number of fused-ring (bicyclic) bond motifs is 1. The van der Waals surface area contributed by atoms with E-state index in [1.807, 2.05) is 0 Å². The summed E-state index contributed by atoms with van der Waals surface area (Å²) in [5, 5.41) is 3.29. The Morgan fingerprint density at radius 3 is 3.00 bits per heavy atom. The van der Waals surface area contributed by atoms with E-state index in [1.54, 1.807) is 0 Å². The molecule has 0 spiro atoms. The van der Waals surface area contributed by atoms with Crippen molar-refractivity contribution in [2.45, 2.75) is 25.7 Å². The maximum Gasteiger partial charge on any atom is 0.0763 e. The molecule has 0 fully saturated rings. The van der Waals surface area contributed by atoms with Gasteiger partial charge in [0.1, 0.15) is 0 Å². The maximum atomic E-state index is 5.24. The molecule has 0 heterocycles. The molecule has 0 aromatic heterocycles. The molecule has 72 valence electrons. The lowest BCUT2D eigenvalue weighted by Crippen LogP contribution is -2.08. The predicted molar refractivity (Wildman–Crippen MR) is 60.4 cm³/mol. The first-order valence-corrected chi connectivity index (χ1v) is 5.20. The molecule has 1 aliphatic rings. The predicted octanol–water partition coefficient (Wildman–Crippen LogP) is 2.61. The van der Waals surface area contributed by atoms with Crippen molar-refractivity contribution in [3.05, 3.63) is 29.3 Å². The Kier molecular flexibility index (Phi) is 2.74. The van der Waals surface area contributed by atoms with E-state index < -0.39 is 0 Å². The molecule has 1 nitrogen and oxygen atoms in total. The number of benzene rings is 1. The van der Waals surface area contributed by atoms with Gasteiger partial charge in [0.25, 0.3) is 0 Å². The van der Waals surface area contributed by atoms with Crippen LogP contribution in [0.2, 0.25) is 0 Å². The summed E-state index contributed by atoms with van der Waals surface area (Å²) in [7, 11) is 0. The summed E-state index contributed by atoms with van der Waals surface area (Å²) >= 11 is 0. The van der Waals surface area contributed by atoms with Crippen LogP contribution in [0.4, 0.5) is 5.69 Å². The number of terminal acetylenes is 1. The molecule has 0 bridgehead atoms. The fourth-order valence-electron chi connectivity index (χ4n) is 2.09. The minimum absolute atomic E-state index is 0.621. The molecule has 0 atom stereocenters. The third-order valence-electron chi connectivity index (χ3n) is 2.78. The van der Waals surface area contributed by atoms with E-state index in [9.17, 15) is 0 Å². The van der Waals surface area contributed by atoms with Crippen LogP contribution in [0.5, 0.6) is 0 Å². The van der Waals surface area contributed by atoms with Crippen LogP contribution < -0.4 is 5.32 Å². The quantitative estimate of drug-likeness (QED) is 0.698. The molecule has 0 aliphatic heterocycles. The highest BCUT2D eigenvalue weighted by Gasteiger charge is 2.11. The molecule has 0 amide bonds. The molecule has 1 aromatic carbocycles. The van der Waals surface area contributed by atoms with Crippen LogP contribution in [-0.4, -0.2) is 6.54 Å². The SMILES string of the molecule is C#CCNc1cccc2c1CCCC2. The Hall–Kier alpha value is -1.42. The van der Waals surface area contributed by atoms with Crippen molar-refractivity contribution in [2.75, 3.05) is 11.9 Å². The van der Waals surface area contributed by atoms with Gasteiger partial charge in [-0.2, -0.15) is 0 Å². The maximum absolute atomic E-state index is 5.24. The zero-order chi connectivity index (χ0) is 9.80. The number of nitrogens with one attached hydrogen (secondary N) is 1. The van der Waals surface area contributed by atoms with Crippen molar-refractivity contribution in [1.29, 1.82) is 0 Å². The fourth-order valence-corrected chi connectivity index (χ4v) is 2.09. The van der Waals surface area contributed by atoms with E-state index >= 15 is 0 Å². The van der Waals surface area contributed by atoms with Gasteiger partial charge < -0.3 is 5.32 Å². The number of aryl methyl sites for hydroxylation is 1. The lowest BCUT2D eigenvalue weighted by atomic mass is 9.90. The van der Waals surface area contributed by atoms with Crippen molar-refractivity contribution >= 4 is 5.69 Å². The molecule has 1 aromatic rings. The van der Waals surface area contributed by atoms with Crippen LogP contribution >= 0.6 is 0 Å². The topological polar surface area (TPSA) is 12.0 Å². The fraction of sp³-hybridized carbons (Fsp3) is 0.385. The molecule has 14 heavy (non-hydrogen) atoms. The zero-order valence-corrected chi connectivity index (χ0v) is 8.34. The molecule has 1 heteroatoms. The van der Waals surface area contributed by atoms with Crippen molar-refractivity contribution in [3.63, 3.8) is 0 Å². The summed E-state index contributed by atoms with van der Waals surface area (Å²) in [5.74, 6) is 2.61. The van der Waals surface area contributed by atoms with Gasteiger partial charge in [-0.25, -0.2) is 0 Å². The largest absolute Gasteiger partial charge is 0.374 e. The van der Waals surface area contributed by atoms with E-state index in [4.69, 9.17) is 6.42 Å². The van der Waals surface area contributed by atoms with Crippen molar-refractivity contribution < 1.29 is 0 Å². The Balaban J connectivity index is 2.27. The van der Waals surface area contributed by atoms with Gasteiger partial charge >= 0.3 is 0 Å². The molecule has 0 saturated heterocycles. The third-order valence-corrected chi connectivity index (χ3v) is 2.78. The Bertz CT molecular complexity index is 360. The number of anilines is 1. The monoisotopic (exact) mass is 185 g/mol. The van der Waals surface area contributed by atoms with Gasteiger partial charge in [-0.15, -0.1) is 6.42 Å². The average molecular weight is 185 g/mol. The van der Waals surface area contributed by atoms with Crippen LogP contribution in [0, 0.1) is 12.3 Å². The summed E-state index contributed by atoms with van der Waals surface area (Å²) in [4.78, 5) is 0. The molecule has 1 aliphatic carbocycles. The Labute approximate surface area is 85.5 Å². The van der Waals surface area contributed by atoms with E-state index in [-0.39, 0.29) is 0 Å². The van der Waals surface area contributed by atoms with Gasteiger partial charge in [-0.1, -0.05) is 18.1 Å². The lowest BCUT2D eigenvalue weighted by Gasteiger charge is -2.19. The van der Waals surface area contributed by atoms with E-state index in [0.717, 1.165) is 0 Å². The highest BCUT2D eigenvalue weighted by molar-refractivity contribution is 5.56. The van der Waals surface area contributed by atoms with Crippen molar-refractivity contribution in [2.24, 2.45) is 0 Å². The second kappa shape index (κ2) is 4.19. The zero-order valence-electron chi connectivity index (χ0n) is 8.34. The summed E-state index contributed by atoms with van der Waals surface area (Å²) in [6, 6.07) is 6.47. The highest BCUT2D eigenvalue weighted by Crippen LogP contribution is 2.27. The molecule has 2 rings (SSSR count). The number of hydrogen-bond donors (Lipinski definition) is 1. The standard InChI is InChI=1S/C13H15N/c1-2-10-14-13-9-5-7-11-6-3-4-8-12(11)13/h1,5,7,9,14H,3-4,6,8,10H2. The first-order valence-electron chi connectivity index (χ1n) is 5.20. The van der Waals surface area contributed by atoms with Gasteiger partial charge in [0.05, 0.1) is 6.54 Å². The van der Waals surface area contributed by atoms with E-state index in [1.165, 1.54) is 42.5 Å². The van der Waals surface area contributed by atoms with E-state index in [0.29, 0.717) is 6.54 Å². The summed E-state index contributed by atoms with van der Waals surface area (Å²) in [6.45, 7) is 0.621.